The molecule has 0 spiro atoms. The van der Waals surface area contributed by atoms with Crippen LogP contribution in [0.3, 0.4) is 0 Å². The van der Waals surface area contributed by atoms with E-state index in [4.69, 9.17) is 10.8 Å². The molecule has 4 heteroatoms. The molecule has 0 bridgehead atoms. The molecular weight excluding hydrogens is 178 g/mol. The molecule has 1 heterocycles. The molecule has 14 heavy (non-hydrogen) atoms. The first-order valence-corrected chi connectivity index (χ1v) is 5.38. The third-order valence-corrected chi connectivity index (χ3v) is 3.14. The molecule has 0 aromatic carbocycles. The number of rotatable bonds is 4. The Morgan fingerprint density at radius 1 is 1.21 bits per heavy atom. The Bertz CT molecular complexity index is 165. The van der Waals surface area contributed by atoms with Gasteiger partial charge in [-0.1, -0.05) is 0 Å². The lowest BCUT2D eigenvalue weighted by atomic mass is 10.0. The first-order chi connectivity index (χ1) is 6.60. The Labute approximate surface area is 86.7 Å². The van der Waals surface area contributed by atoms with Crippen LogP contribution in [0, 0.1) is 0 Å². The van der Waals surface area contributed by atoms with Crippen molar-refractivity contribution in [3.8, 4) is 0 Å². The smallest absolute Gasteiger partial charge is 0.0558 e. The number of aliphatic hydroxyl groups is 1. The van der Waals surface area contributed by atoms with Crippen molar-refractivity contribution in [3.05, 3.63) is 0 Å². The molecule has 3 N–H and O–H groups in total. The van der Waals surface area contributed by atoms with Crippen LogP contribution < -0.4 is 5.73 Å². The summed E-state index contributed by atoms with van der Waals surface area (Å²) in [5.41, 5.74) is 5.85. The first-order valence-electron chi connectivity index (χ1n) is 5.38. The Kier molecular flexibility index (Phi) is 4.31. The highest BCUT2D eigenvalue weighted by Crippen LogP contribution is 2.15. The second-order valence-corrected chi connectivity index (χ2v) is 4.57. The average molecular weight is 201 g/mol. The summed E-state index contributed by atoms with van der Waals surface area (Å²) < 4.78 is 0. The lowest BCUT2D eigenvalue weighted by molar-refractivity contribution is 0.0498. The quantitative estimate of drug-likeness (QED) is 0.634. The fourth-order valence-corrected chi connectivity index (χ4v) is 1.85. The van der Waals surface area contributed by atoms with Crippen LogP contribution in [0.1, 0.15) is 13.8 Å². The van der Waals surface area contributed by atoms with Gasteiger partial charge in [-0.2, -0.15) is 0 Å². The maximum Gasteiger partial charge on any atom is 0.0558 e. The van der Waals surface area contributed by atoms with E-state index in [2.05, 4.69) is 23.6 Å². The minimum atomic E-state index is 0.116. The SMILES string of the molecule is CC(C)(CN)N1CCN(CCO)CC1. The Morgan fingerprint density at radius 2 is 1.79 bits per heavy atom. The molecule has 0 unspecified atom stereocenters. The van der Waals surface area contributed by atoms with Crippen molar-refractivity contribution < 1.29 is 5.11 Å². The van der Waals surface area contributed by atoms with E-state index >= 15 is 0 Å². The highest BCUT2D eigenvalue weighted by atomic mass is 16.3. The van der Waals surface area contributed by atoms with Crippen LogP contribution >= 0.6 is 0 Å². The van der Waals surface area contributed by atoms with Crippen LogP contribution in [0.5, 0.6) is 0 Å². The molecule has 1 aliphatic rings. The zero-order chi connectivity index (χ0) is 10.6. The molecular formula is C10H23N3O. The number of nitrogens with zero attached hydrogens (tertiary/aromatic N) is 2. The van der Waals surface area contributed by atoms with Crippen LogP contribution in [0.4, 0.5) is 0 Å². The number of β-amino-alcohol motifs (C(OH)–C–C–N with tert-alkyl or cyclic N) is 1. The predicted octanol–water partition coefficient (Wildman–Crippen LogP) is -0.666. The molecule has 0 aliphatic carbocycles. The molecule has 84 valence electrons. The van der Waals surface area contributed by atoms with Gasteiger partial charge in [-0.25, -0.2) is 0 Å². The maximum absolute atomic E-state index is 8.82. The summed E-state index contributed by atoms with van der Waals surface area (Å²) in [6.07, 6.45) is 0. The summed E-state index contributed by atoms with van der Waals surface area (Å²) in [6.45, 7) is 10.4. The van der Waals surface area contributed by atoms with Gasteiger partial charge < -0.3 is 10.8 Å². The maximum atomic E-state index is 8.82. The monoisotopic (exact) mass is 201 g/mol. The second-order valence-electron chi connectivity index (χ2n) is 4.57. The van der Waals surface area contributed by atoms with Gasteiger partial charge in [-0.3, -0.25) is 9.80 Å². The topological polar surface area (TPSA) is 52.7 Å². The second kappa shape index (κ2) is 5.07. The molecule has 1 rings (SSSR count). The van der Waals surface area contributed by atoms with Gasteiger partial charge in [-0.05, 0) is 13.8 Å². The summed E-state index contributed by atoms with van der Waals surface area (Å²) in [7, 11) is 0. The van der Waals surface area contributed by atoms with Gasteiger partial charge in [-0.15, -0.1) is 0 Å². The lowest BCUT2D eigenvalue weighted by Crippen LogP contribution is -2.57. The first kappa shape index (κ1) is 11.9. The van der Waals surface area contributed by atoms with Crippen molar-refractivity contribution in [2.24, 2.45) is 5.73 Å². The van der Waals surface area contributed by atoms with Gasteiger partial charge in [0, 0.05) is 44.8 Å². The molecule has 4 nitrogen and oxygen atoms in total. The molecule has 0 saturated carbocycles. The van der Waals surface area contributed by atoms with Crippen LogP contribution in [0.2, 0.25) is 0 Å². The Balaban J connectivity index is 2.35. The standard InChI is InChI=1S/C10H23N3O/c1-10(2,9-11)13-5-3-12(4-6-13)7-8-14/h14H,3-9,11H2,1-2H3. The zero-order valence-electron chi connectivity index (χ0n) is 9.37. The molecule has 1 fully saturated rings. The molecule has 1 aliphatic heterocycles. The van der Waals surface area contributed by atoms with Gasteiger partial charge in [0.05, 0.1) is 6.61 Å². The highest BCUT2D eigenvalue weighted by Gasteiger charge is 2.28. The number of hydrogen-bond acceptors (Lipinski definition) is 4. The number of aliphatic hydroxyl groups excluding tert-OH is 1. The van der Waals surface area contributed by atoms with E-state index in [0.29, 0.717) is 6.54 Å². The van der Waals surface area contributed by atoms with E-state index < -0.39 is 0 Å². The fraction of sp³-hybridized carbons (Fsp3) is 1.00. The zero-order valence-corrected chi connectivity index (χ0v) is 9.37. The van der Waals surface area contributed by atoms with Gasteiger partial charge in [0.25, 0.3) is 0 Å². The van der Waals surface area contributed by atoms with Crippen molar-refractivity contribution in [1.82, 2.24) is 9.80 Å². The third kappa shape index (κ3) is 2.92. The van der Waals surface area contributed by atoms with Gasteiger partial charge in [0.2, 0.25) is 0 Å². The van der Waals surface area contributed by atoms with Crippen molar-refractivity contribution in [3.63, 3.8) is 0 Å². The van der Waals surface area contributed by atoms with Crippen LogP contribution in [0.15, 0.2) is 0 Å². The summed E-state index contributed by atoms with van der Waals surface area (Å²) in [4.78, 5) is 4.73. The minimum absolute atomic E-state index is 0.116. The molecule has 0 aromatic rings. The van der Waals surface area contributed by atoms with Gasteiger partial charge >= 0.3 is 0 Å². The minimum Gasteiger partial charge on any atom is -0.395 e. The van der Waals surface area contributed by atoms with Crippen LogP contribution in [-0.2, 0) is 0 Å². The van der Waals surface area contributed by atoms with Crippen molar-refractivity contribution >= 4 is 0 Å². The summed E-state index contributed by atoms with van der Waals surface area (Å²) >= 11 is 0. The van der Waals surface area contributed by atoms with E-state index in [1.54, 1.807) is 0 Å². The Morgan fingerprint density at radius 3 is 2.21 bits per heavy atom. The van der Waals surface area contributed by atoms with E-state index in [1.807, 2.05) is 0 Å². The van der Waals surface area contributed by atoms with Crippen molar-refractivity contribution in [2.75, 3.05) is 45.9 Å². The predicted molar refractivity (Wildman–Crippen MR) is 58.2 cm³/mol. The molecule has 0 amide bonds. The van der Waals surface area contributed by atoms with E-state index in [0.717, 1.165) is 32.7 Å². The molecule has 0 atom stereocenters. The lowest BCUT2D eigenvalue weighted by Gasteiger charge is -2.43. The normalized spacial score (nSPS) is 21.4. The fourth-order valence-electron chi connectivity index (χ4n) is 1.85. The van der Waals surface area contributed by atoms with Crippen molar-refractivity contribution in [2.45, 2.75) is 19.4 Å². The largest absolute Gasteiger partial charge is 0.395 e. The van der Waals surface area contributed by atoms with Crippen molar-refractivity contribution in [1.29, 1.82) is 0 Å². The molecule has 0 aromatic heterocycles. The summed E-state index contributed by atoms with van der Waals surface area (Å²) in [5.74, 6) is 0. The number of hydrogen-bond donors (Lipinski definition) is 2. The van der Waals surface area contributed by atoms with E-state index in [9.17, 15) is 0 Å². The number of piperazine rings is 1. The Hall–Kier alpha value is -0.160. The van der Waals surface area contributed by atoms with Crippen LogP contribution in [-0.4, -0.2) is 66.3 Å². The van der Waals surface area contributed by atoms with Crippen LogP contribution in [0.25, 0.3) is 0 Å². The number of nitrogens with two attached hydrogens (primary N) is 1. The average Bonchev–Trinajstić information content (AvgIpc) is 2.19. The highest BCUT2D eigenvalue weighted by molar-refractivity contribution is 4.86. The van der Waals surface area contributed by atoms with Gasteiger partial charge in [0.15, 0.2) is 0 Å². The summed E-state index contributed by atoms with van der Waals surface area (Å²) in [5, 5.41) is 8.82. The molecule has 0 radical (unpaired) electrons. The van der Waals surface area contributed by atoms with E-state index in [-0.39, 0.29) is 12.1 Å². The van der Waals surface area contributed by atoms with Gasteiger partial charge in [0.1, 0.15) is 0 Å². The molecule has 1 saturated heterocycles. The summed E-state index contributed by atoms with van der Waals surface area (Å²) in [6, 6.07) is 0. The third-order valence-electron chi connectivity index (χ3n) is 3.14. The van der Waals surface area contributed by atoms with E-state index in [1.165, 1.54) is 0 Å².